The van der Waals surface area contributed by atoms with E-state index in [2.05, 4.69) is 13.8 Å². The van der Waals surface area contributed by atoms with E-state index in [0.717, 1.165) is 0 Å². The Morgan fingerprint density at radius 1 is 1.00 bits per heavy atom. The molecule has 0 rings (SSSR count). The zero-order valence-corrected chi connectivity index (χ0v) is 3.41. The number of rotatable bonds is 1. The Morgan fingerprint density at radius 2 is 1.17 bits per heavy atom. The minimum atomic E-state index is 0. The van der Waals surface area contributed by atoms with E-state index in [1.807, 2.05) is 0 Å². The van der Waals surface area contributed by atoms with Crippen molar-refractivity contribution in [2.75, 3.05) is 0 Å². The van der Waals surface area contributed by atoms with E-state index in [1.54, 1.807) is 0 Å². The van der Waals surface area contributed by atoms with Crippen LogP contribution in [0.3, 0.4) is 0 Å². The minimum absolute atomic E-state index is 0. The van der Waals surface area contributed by atoms with Gasteiger partial charge in [-0.3, -0.25) is 0 Å². The van der Waals surface area contributed by atoms with Gasteiger partial charge in [-0.1, -0.05) is 26.7 Å². The molecule has 6 heavy (non-hydrogen) atoms. The summed E-state index contributed by atoms with van der Waals surface area (Å²) in [7, 11) is 0. The normalized spacial score (nSPS) is 5.00. The van der Waals surface area contributed by atoms with Gasteiger partial charge in [0.1, 0.15) is 0 Å². The third-order valence-corrected chi connectivity index (χ3v) is 0.500. The van der Waals surface area contributed by atoms with Crippen LogP contribution in [0.5, 0.6) is 0 Å². The molecule has 34 valence electrons. The summed E-state index contributed by atoms with van der Waals surface area (Å²) >= 11 is 0. The van der Waals surface area contributed by atoms with Crippen LogP contribution in [0, 0.1) is 0 Å². The molecule has 0 aliphatic rings. The van der Waals surface area contributed by atoms with E-state index in [9.17, 15) is 0 Å². The Balaban J connectivity index is -0.0000000450. The number of hydrogen-bond donors (Lipinski definition) is 0. The Hall–Kier alpha value is 1.53. The summed E-state index contributed by atoms with van der Waals surface area (Å²) in [5, 5.41) is 0. The molecule has 0 atom stereocenters. The van der Waals surface area contributed by atoms with Gasteiger partial charge in [-0.15, -0.1) is 0 Å². The molecule has 0 heterocycles. The topological polar surface area (TPSA) is 0 Å². The summed E-state index contributed by atoms with van der Waals surface area (Å²) in [6, 6.07) is 0. The first kappa shape index (κ1) is 15.6. The van der Waals surface area contributed by atoms with Crippen LogP contribution in [0.1, 0.15) is 26.7 Å². The second kappa shape index (κ2) is 16.0. The molecule has 0 saturated heterocycles. The zero-order chi connectivity index (χ0) is 3.41. The molecule has 0 unspecified atom stereocenters. The quantitative estimate of drug-likeness (QED) is 0.418. The first-order valence-corrected chi connectivity index (χ1v) is 1.91. The standard InChI is InChI=1S/C4H10.Al.Na.4H/c1-3-4-2;;;;;;/h3-4H2,1-2H3;;;;;;. The molecule has 0 nitrogen and oxygen atoms in total. The molecule has 0 bridgehead atoms. The van der Waals surface area contributed by atoms with Gasteiger partial charge in [0.15, 0.2) is 17.4 Å². The third-order valence-electron chi connectivity index (χ3n) is 0.500. The van der Waals surface area contributed by atoms with Crippen molar-refractivity contribution < 1.29 is 0 Å². The molecule has 2 heteroatoms. The van der Waals surface area contributed by atoms with Gasteiger partial charge in [0.2, 0.25) is 0 Å². The van der Waals surface area contributed by atoms with Crippen molar-refractivity contribution >= 4 is 46.9 Å². The maximum atomic E-state index is 2.18. The second-order valence-corrected chi connectivity index (χ2v) is 1.000. The molecule has 0 aliphatic heterocycles. The van der Waals surface area contributed by atoms with Crippen LogP contribution in [0.25, 0.3) is 0 Å². The molecular weight excluding hydrogens is 98.0 g/mol. The fourth-order valence-corrected chi connectivity index (χ4v) is 0. The van der Waals surface area contributed by atoms with Crippen molar-refractivity contribution in [2.45, 2.75) is 26.7 Å². The summed E-state index contributed by atoms with van der Waals surface area (Å²) in [5.74, 6) is 0. The number of hydrogen-bond acceptors (Lipinski definition) is 0. The SMILES string of the molecule is CCCC.[AlH3].[NaH]. The Bertz CT molecular complexity index is 9.51. The van der Waals surface area contributed by atoms with Crippen LogP contribution in [-0.2, 0) is 0 Å². The van der Waals surface area contributed by atoms with Gasteiger partial charge in [0.25, 0.3) is 0 Å². The van der Waals surface area contributed by atoms with E-state index < -0.39 is 0 Å². The van der Waals surface area contributed by atoms with E-state index in [0.29, 0.717) is 0 Å². The van der Waals surface area contributed by atoms with Crippen molar-refractivity contribution in [1.29, 1.82) is 0 Å². The summed E-state index contributed by atoms with van der Waals surface area (Å²) in [4.78, 5) is 0. The predicted octanol–water partition coefficient (Wildman–Crippen LogP) is -0.0260. The van der Waals surface area contributed by atoms with E-state index in [4.69, 9.17) is 0 Å². The first-order chi connectivity index (χ1) is 1.91. The number of unbranched alkanes of at least 4 members (excludes halogenated alkanes) is 1. The van der Waals surface area contributed by atoms with Crippen LogP contribution >= 0.6 is 0 Å². The molecule has 0 radical (unpaired) electrons. The van der Waals surface area contributed by atoms with Crippen molar-refractivity contribution in [3.8, 4) is 0 Å². The van der Waals surface area contributed by atoms with Crippen LogP contribution in [-0.4, -0.2) is 46.9 Å². The fraction of sp³-hybridized carbons (Fsp3) is 1.00. The summed E-state index contributed by atoms with van der Waals surface area (Å²) < 4.78 is 0. The molecule has 0 aromatic carbocycles. The van der Waals surface area contributed by atoms with Crippen LogP contribution < -0.4 is 0 Å². The van der Waals surface area contributed by atoms with Gasteiger partial charge in [-0.25, -0.2) is 0 Å². The van der Waals surface area contributed by atoms with Crippen LogP contribution in [0.15, 0.2) is 0 Å². The summed E-state index contributed by atoms with van der Waals surface area (Å²) in [5.41, 5.74) is 0. The van der Waals surface area contributed by atoms with E-state index >= 15 is 0 Å². The first-order valence-electron chi connectivity index (χ1n) is 1.91. The molecule has 0 aromatic rings. The van der Waals surface area contributed by atoms with Crippen molar-refractivity contribution in [1.82, 2.24) is 0 Å². The molecule has 0 amide bonds. The van der Waals surface area contributed by atoms with Gasteiger partial charge < -0.3 is 0 Å². The average Bonchev–Trinajstić information content (AvgIpc) is 1.37. The molecular formula is C4H14AlNa. The van der Waals surface area contributed by atoms with Gasteiger partial charge in [-0.2, -0.15) is 0 Å². The van der Waals surface area contributed by atoms with E-state index in [1.165, 1.54) is 12.8 Å². The molecule has 0 fully saturated rings. The summed E-state index contributed by atoms with van der Waals surface area (Å²) in [6.07, 6.45) is 2.64. The summed E-state index contributed by atoms with van der Waals surface area (Å²) in [6.45, 7) is 4.36. The molecule has 0 saturated carbocycles. The van der Waals surface area contributed by atoms with Gasteiger partial charge in [0.05, 0.1) is 0 Å². The Morgan fingerprint density at radius 3 is 1.17 bits per heavy atom. The van der Waals surface area contributed by atoms with Crippen LogP contribution in [0.2, 0.25) is 0 Å². The van der Waals surface area contributed by atoms with Crippen molar-refractivity contribution in [3.63, 3.8) is 0 Å². The van der Waals surface area contributed by atoms with Gasteiger partial charge in [-0.05, 0) is 0 Å². The van der Waals surface area contributed by atoms with Crippen LogP contribution in [0.4, 0.5) is 0 Å². The fourth-order valence-electron chi connectivity index (χ4n) is 0. The molecule has 0 N–H and O–H groups in total. The molecule has 0 aliphatic carbocycles. The zero-order valence-electron chi connectivity index (χ0n) is 3.41. The predicted molar refractivity (Wildman–Crippen MR) is 37.7 cm³/mol. The van der Waals surface area contributed by atoms with E-state index in [-0.39, 0.29) is 46.9 Å². The third kappa shape index (κ3) is 17.7. The van der Waals surface area contributed by atoms with Crippen molar-refractivity contribution in [2.24, 2.45) is 0 Å². The molecule has 0 spiro atoms. The molecule has 0 aromatic heterocycles. The Kier molecular flexibility index (Phi) is 41.8. The monoisotopic (exact) mass is 112 g/mol. The second-order valence-electron chi connectivity index (χ2n) is 1.000. The Labute approximate surface area is 73.1 Å². The van der Waals surface area contributed by atoms with Crippen molar-refractivity contribution in [3.05, 3.63) is 0 Å². The maximum absolute atomic E-state index is 2.18. The van der Waals surface area contributed by atoms with Gasteiger partial charge >= 0.3 is 29.6 Å². The average molecular weight is 112 g/mol. The van der Waals surface area contributed by atoms with Gasteiger partial charge in [0, 0.05) is 0 Å².